The van der Waals surface area contributed by atoms with Gasteiger partial charge in [-0.15, -0.1) is 0 Å². The van der Waals surface area contributed by atoms with Crippen molar-refractivity contribution in [3.8, 4) is 5.75 Å². The lowest BCUT2D eigenvalue weighted by atomic mass is 10.1. The molecule has 0 aliphatic heterocycles. The van der Waals surface area contributed by atoms with Crippen LogP contribution in [0.15, 0.2) is 34.9 Å². The van der Waals surface area contributed by atoms with E-state index in [0.29, 0.717) is 15.7 Å². The highest BCUT2D eigenvalue weighted by Gasteiger charge is 2.21. The van der Waals surface area contributed by atoms with E-state index in [4.69, 9.17) is 0 Å². The highest BCUT2D eigenvalue weighted by Crippen LogP contribution is 2.31. The van der Waals surface area contributed by atoms with Gasteiger partial charge >= 0.3 is 6.61 Å². The molecule has 0 saturated heterocycles. The van der Waals surface area contributed by atoms with Crippen LogP contribution < -0.4 is 4.74 Å². The molecule has 1 N–H and O–H groups in total. The Bertz CT molecular complexity index is 617. The van der Waals surface area contributed by atoms with Crippen LogP contribution in [0.2, 0.25) is 0 Å². The molecule has 21 heavy (non-hydrogen) atoms. The van der Waals surface area contributed by atoms with Gasteiger partial charge in [0.05, 0.1) is 16.4 Å². The van der Waals surface area contributed by atoms with Gasteiger partial charge in [-0.3, -0.25) is 4.68 Å². The number of aliphatic hydroxyl groups excluding tert-OH is 1. The highest BCUT2D eigenvalue weighted by atomic mass is 79.9. The van der Waals surface area contributed by atoms with Crippen molar-refractivity contribution in [3.05, 3.63) is 46.2 Å². The third kappa shape index (κ3) is 3.59. The first-order valence-corrected chi connectivity index (χ1v) is 7.15. The molecule has 0 aliphatic carbocycles. The van der Waals surface area contributed by atoms with Gasteiger partial charge in [0.2, 0.25) is 0 Å². The van der Waals surface area contributed by atoms with Crippen molar-refractivity contribution in [2.75, 3.05) is 0 Å². The van der Waals surface area contributed by atoms with Gasteiger partial charge < -0.3 is 9.84 Å². The molecule has 1 aromatic heterocycles. The third-order valence-corrected chi connectivity index (χ3v) is 3.55. The normalized spacial score (nSPS) is 13.0. The molecule has 0 fully saturated rings. The summed E-state index contributed by atoms with van der Waals surface area (Å²) < 4.78 is 31.2. The van der Waals surface area contributed by atoms with Gasteiger partial charge in [-0.05, 0) is 47.5 Å². The summed E-state index contributed by atoms with van der Waals surface area (Å²) in [4.78, 5) is 0. The number of hydrogen-bond donors (Lipinski definition) is 1. The molecule has 114 valence electrons. The van der Waals surface area contributed by atoms with Crippen molar-refractivity contribution < 1.29 is 18.6 Å². The molecular formula is C14H15BrF2N2O2. The fraction of sp³-hybridized carbons (Fsp3) is 0.357. The molecule has 1 heterocycles. The second kappa shape index (κ2) is 6.53. The predicted molar refractivity (Wildman–Crippen MR) is 77.4 cm³/mol. The van der Waals surface area contributed by atoms with Crippen LogP contribution in [-0.2, 0) is 0 Å². The second-order valence-electron chi connectivity index (χ2n) is 4.77. The number of aliphatic hydroxyl groups is 1. The van der Waals surface area contributed by atoms with Crippen molar-refractivity contribution in [1.29, 1.82) is 0 Å². The van der Waals surface area contributed by atoms with Crippen LogP contribution in [0.4, 0.5) is 8.78 Å². The summed E-state index contributed by atoms with van der Waals surface area (Å²) in [7, 11) is 0. The molecule has 7 heteroatoms. The highest BCUT2D eigenvalue weighted by molar-refractivity contribution is 9.10. The molecule has 0 bridgehead atoms. The van der Waals surface area contributed by atoms with Gasteiger partial charge in [-0.2, -0.15) is 13.9 Å². The largest absolute Gasteiger partial charge is 0.435 e. The van der Waals surface area contributed by atoms with Crippen LogP contribution >= 0.6 is 15.9 Å². The number of halogens is 3. The summed E-state index contributed by atoms with van der Waals surface area (Å²) in [5.41, 5.74) is 1.02. The van der Waals surface area contributed by atoms with E-state index in [2.05, 4.69) is 25.8 Å². The fourth-order valence-electron chi connectivity index (χ4n) is 2.04. The molecule has 0 aliphatic rings. The zero-order valence-corrected chi connectivity index (χ0v) is 13.1. The van der Waals surface area contributed by atoms with Crippen LogP contribution in [0, 0.1) is 0 Å². The fourth-order valence-corrected chi connectivity index (χ4v) is 2.53. The predicted octanol–water partition coefficient (Wildman–Crippen LogP) is 3.91. The molecule has 1 unspecified atom stereocenters. The van der Waals surface area contributed by atoms with Crippen molar-refractivity contribution in [2.24, 2.45) is 0 Å². The Morgan fingerprint density at radius 3 is 2.67 bits per heavy atom. The van der Waals surface area contributed by atoms with Gasteiger partial charge in [0.1, 0.15) is 11.9 Å². The maximum atomic E-state index is 12.3. The molecule has 1 aromatic carbocycles. The van der Waals surface area contributed by atoms with E-state index in [0.717, 1.165) is 0 Å². The van der Waals surface area contributed by atoms with Crippen molar-refractivity contribution in [3.63, 3.8) is 0 Å². The van der Waals surface area contributed by atoms with E-state index in [1.165, 1.54) is 12.1 Å². The van der Waals surface area contributed by atoms with Crippen LogP contribution in [-0.4, -0.2) is 21.5 Å². The summed E-state index contributed by atoms with van der Waals surface area (Å²) in [6.07, 6.45) is 0.600. The third-order valence-electron chi connectivity index (χ3n) is 2.93. The molecule has 2 rings (SSSR count). The van der Waals surface area contributed by atoms with Crippen molar-refractivity contribution in [1.82, 2.24) is 9.78 Å². The first kappa shape index (κ1) is 15.9. The zero-order valence-electron chi connectivity index (χ0n) is 11.5. The van der Waals surface area contributed by atoms with E-state index in [1.807, 2.05) is 13.8 Å². The maximum Gasteiger partial charge on any atom is 0.387 e. The average molecular weight is 361 g/mol. The zero-order chi connectivity index (χ0) is 15.6. The lowest BCUT2D eigenvalue weighted by Gasteiger charge is -2.17. The van der Waals surface area contributed by atoms with E-state index in [9.17, 15) is 13.9 Å². The van der Waals surface area contributed by atoms with Crippen molar-refractivity contribution in [2.45, 2.75) is 32.6 Å². The Balaban J connectivity index is 2.36. The molecule has 4 nitrogen and oxygen atoms in total. The van der Waals surface area contributed by atoms with Crippen LogP contribution in [0.25, 0.3) is 0 Å². The smallest absolute Gasteiger partial charge is 0.387 e. The standard InChI is InChI=1S/C14H15BrF2N2O2/c1-8(2)19-12(11(15)7-18-19)13(20)9-4-3-5-10(6-9)21-14(16)17/h3-8,13-14,20H,1-2H3. The van der Waals surface area contributed by atoms with E-state index >= 15 is 0 Å². The van der Waals surface area contributed by atoms with E-state index < -0.39 is 12.7 Å². The molecule has 0 radical (unpaired) electrons. The van der Waals surface area contributed by atoms with Gasteiger partial charge in [0.15, 0.2) is 0 Å². The Hall–Kier alpha value is -1.47. The average Bonchev–Trinajstić information content (AvgIpc) is 2.79. The summed E-state index contributed by atoms with van der Waals surface area (Å²) in [5.74, 6) is 0.00767. The molecule has 0 saturated carbocycles. The van der Waals surface area contributed by atoms with Gasteiger partial charge in [0, 0.05) is 6.04 Å². The number of nitrogens with zero attached hydrogens (tertiary/aromatic N) is 2. The Morgan fingerprint density at radius 1 is 1.33 bits per heavy atom. The van der Waals surface area contributed by atoms with Crippen LogP contribution in [0.5, 0.6) is 5.75 Å². The Kier molecular flexibility index (Phi) is 4.95. The number of alkyl halides is 2. The minimum absolute atomic E-state index is 0.00767. The summed E-state index contributed by atoms with van der Waals surface area (Å²) in [6.45, 7) is 0.975. The minimum atomic E-state index is -2.90. The number of ether oxygens (including phenoxy) is 1. The van der Waals surface area contributed by atoms with Gasteiger partial charge in [0.25, 0.3) is 0 Å². The summed E-state index contributed by atoms with van der Waals surface area (Å²) in [6, 6.07) is 6.06. The van der Waals surface area contributed by atoms with Gasteiger partial charge in [-0.25, -0.2) is 0 Å². The van der Waals surface area contributed by atoms with Gasteiger partial charge in [-0.1, -0.05) is 12.1 Å². The molecule has 1 atom stereocenters. The van der Waals surface area contributed by atoms with Crippen LogP contribution in [0.1, 0.15) is 37.3 Å². The minimum Gasteiger partial charge on any atom is -0.435 e. The SMILES string of the molecule is CC(C)n1ncc(Br)c1C(O)c1cccc(OC(F)F)c1. The molecule has 0 amide bonds. The quantitative estimate of drug-likeness (QED) is 0.879. The molecule has 0 spiro atoms. The monoisotopic (exact) mass is 360 g/mol. The number of rotatable bonds is 5. The second-order valence-corrected chi connectivity index (χ2v) is 5.62. The number of aromatic nitrogens is 2. The van der Waals surface area contributed by atoms with E-state index in [1.54, 1.807) is 23.0 Å². The number of benzene rings is 1. The maximum absolute atomic E-state index is 12.3. The summed E-state index contributed by atoms with van der Waals surface area (Å²) >= 11 is 3.35. The summed E-state index contributed by atoms with van der Waals surface area (Å²) in [5, 5.41) is 14.7. The van der Waals surface area contributed by atoms with Crippen molar-refractivity contribution >= 4 is 15.9 Å². The lowest BCUT2D eigenvalue weighted by molar-refractivity contribution is -0.0499. The lowest BCUT2D eigenvalue weighted by Crippen LogP contribution is -2.13. The van der Waals surface area contributed by atoms with E-state index in [-0.39, 0.29) is 11.8 Å². The first-order valence-electron chi connectivity index (χ1n) is 6.36. The molecule has 2 aromatic rings. The number of hydrogen-bond acceptors (Lipinski definition) is 3. The molecular weight excluding hydrogens is 346 g/mol. The first-order chi connectivity index (χ1) is 9.90. The Morgan fingerprint density at radius 2 is 2.05 bits per heavy atom. The Labute approximate surface area is 129 Å². The van der Waals surface area contributed by atoms with Crippen LogP contribution in [0.3, 0.4) is 0 Å². The topological polar surface area (TPSA) is 47.3 Å².